The molecule has 2 rings (SSSR count). The molecule has 0 saturated heterocycles. The second kappa shape index (κ2) is 8.69. The molecule has 1 aromatic heterocycles. The van der Waals surface area contributed by atoms with Gasteiger partial charge in [-0.2, -0.15) is 0 Å². The zero-order valence-electron chi connectivity index (χ0n) is 14.0. The second-order valence-electron chi connectivity index (χ2n) is 5.45. The summed E-state index contributed by atoms with van der Waals surface area (Å²) in [5, 5.41) is 12.4. The SMILES string of the molecule is CC[C@H](Oc1ccc(Cl)c(C)c1)C(=O)Nc1nnc(SC(C)C)s1. The van der Waals surface area contributed by atoms with Crippen molar-refractivity contribution in [1.82, 2.24) is 10.2 Å². The van der Waals surface area contributed by atoms with Gasteiger partial charge in [-0.05, 0) is 37.1 Å². The fourth-order valence-electron chi connectivity index (χ4n) is 1.87. The monoisotopic (exact) mass is 385 g/mol. The molecule has 0 aliphatic carbocycles. The van der Waals surface area contributed by atoms with Crippen molar-refractivity contribution in [3.05, 3.63) is 28.8 Å². The first-order valence-corrected chi connectivity index (χ1v) is 9.70. The van der Waals surface area contributed by atoms with Gasteiger partial charge < -0.3 is 4.74 Å². The van der Waals surface area contributed by atoms with Gasteiger partial charge in [0.25, 0.3) is 5.91 Å². The van der Waals surface area contributed by atoms with Crippen LogP contribution in [0, 0.1) is 6.92 Å². The number of aromatic nitrogens is 2. The first-order chi connectivity index (χ1) is 11.4. The van der Waals surface area contributed by atoms with E-state index in [2.05, 4.69) is 29.4 Å². The van der Waals surface area contributed by atoms with Gasteiger partial charge in [0.2, 0.25) is 5.13 Å². The number of nitrogens with zero attached hydrogens (tertiary/aromatic N) is 2. The number of carbonyl (C=O) groups excluding carboxylic acids is 1. The van der Waals surface area contributed by atoms with Crippen molar-refractivity contribution in [3.8, 4) is 5.75 Å². The topological polar surface area (TPSA) is 64.1 Å². The maximum absolute atomic E-state index is 12.4. The summed E-state index contributed by atoms with van der Waals surface area (Å²) in [6.07, 6.45) is -0.0596. The number of amides is 1. The average Bonchev–Trinajstić information content (AvgIpc) is 2.94. The van der Waals surface area contributed by atoms with Gasteiger partial charge in [-0.15, -0.1) is 10.2 Å². The maximum Gasteiger partial charge on any atom is 0.267 e. The molecule has 0 bridgehead atoms. The Kier molecular flexibility index (Phi) is 6.89. The summed E-state index contributed by atoms with van der Waals surface area (Å²) < 4.78 is 6.62. The smallest absolute Gasteiger partial charge is 0.267 e. The minimum atomic E-state index is -0.601. The van der Waals surface area contributed by atoms with E-state index in [9.17, 15) is 4.79 Å². The third kappa shape index (κ3) is 5.36. The summed E-state index contributed by atoms with van der Waals surface area (Å²) in [4.78, 5) is 12.4. The molecule has 0 aliphatic rings. The van der Waals surface area contributed by atoms with Crippen molar-refractivity contribution in [1.29, 1.82) is 0 Å². The highest BCUT2D eigenvalue weighted by Crippen LogP contribution is 2.29. The number of aryl methyl sites for hydroxylation is 1. The van der Waals surface area contributed by atoms with Crippen LogP contribution in [-0.4, -0.2) is 27.5 Å². The number of rotatable bonds is 7. The van der Waals surface area contributed by atoms with Gasteiger partial charge in [0.1, 0.15) is 5.75 Å². The summed E-state index contributed by atoms with van der Waals surface area (Å²) in [6, 6.07) is 5.34. The molecule has 1 N–H and O–H groups in total. The van der Waals surface area contributed by atoms with E-state index in [0.29, 0.717) is 27.6 Å². The molecule has 0 radical (unpaired) electrons. The standard InChI is InChI=1S/C16H20ClN3O2S2/c1-5-13(22-11-6-7-12(17)10(4)8-11)14(21)18-15-19-20-16(24-15)23-9(2)3/h6-9,13H,5H2,1-4H3,(H,18,19,21)/t13-/m0/s1. The molecule has 24 heavy (non-hydrogen) atoms. The van der Waals surface area contributed by atoms with Crippen LogP contribution in [0.3, 0.4) is 0 Å². The molecule has 0 fully saturated rings. The second-order valence-corrected chi connectivity index (χ2v) is 8.66. The Morgan fingerprint density at radius 3 is 2.79 bits per heavy atom. The molecule has 5 nitrogen and oxygen atoms in total. The molecule has 1 amide bonds. The number of ether oxygens (including phenoxy) is 1. The predicted molar refractivity (Wildman–Crippen MR) is 100 cm³/mol. The van der Waals surface area contributed by atoms with Gasteiger partial charge in [0, 0.05) is 10.3 Å². The molecule has 1 heterocycles. The van der Waals surface area contributed by atoms with Gasteiger partial charge in [-0.25, -0.2) is 0 Å². The quantitative estimate of drug-likeness (QED) is 0.548. The van der Waals surface area contributed by atoms with E-state index in [4.69, 9.17) is 16.3 Å². The zero-order valence-corrected chi connectivity index (χ0v) is 16.4. The number of nitrogens with one attached hydrogen (secondary N) is 1. The summed E-state index contributed by atoms with van der Waals surface area (Å²) in [5.41, 5.74) is 0.906. The zero-order chi connectivity index (χ0) is 17.7. The largest absolute Gasteiger partial charge is 0.481 e. The highest BCUT2D eigenvalue weighted by atomic mass is 35.5. The molecule has 2 aromatic rings. The van der Waals surface area contributed by atoms with Crippen molar-refractivity contribution < 1.29 is 9.53 Å². The van der Waals surface area contributed by atoms with Gasteiger partial charge in [-0.3, -0.25) is 10.1 Å². The van der Waals surface area contributed by atoms with Crippen LogP contribution in [0.4, 0.5) is 5.13 Å². The van der Waals surface area contributed by atoms with Gasteiger partial charge in [0.15, 0.2) is 10.4 Å². The van der Waals surface area contributed by atoms with Gasteiger partial charge in [0.05, 0.1) is 0 Å². The number of carbonyl (C=O) groups is 1. The van der Waals surface area contributed by atoms with Crippen molar-refractivity contribution in [3.63, 3.8) is 0 Å². The van der Waals surface area contributed by atoms with E-state index in [0.717, 1.165) is 9.90 Å². The van der Waals surface area contributed by atoms with Gasteiger partial charge >= 0.3 is 0 Å². The first-order valence-electron chi connectivity index (χ1n) is 7.62. The van der Waals surface area contributed by atoms with Crippen LogP contribution in [0.15, 0.2) is 22.5 Å². The fourth-order valence-corrected chi connectivity index (χ4v) is 3.97. The van der Waals surface area contributed by atoms with E-state index in [1.54, 1.807) is 23.9 Å². The lowest BCUT2D eigenvalue weighted by atomic mass is 10.2. The molecular weight excluding hydrogens is 366 g/mol. The van der Waals surface area contributed by atoms with Crippen molar-refractivity contribution in [2.24, 2.45) is 0 Å². The number of hydrogen-bond donors (Lipinski definition) is 1. The average molecular weight is 386 g/mol. The van der Waals surface area contributed by atoms with Crippen molar-refractivity contribution in [2.75, 3.05) is 5.32 Å². The molecule has 8 heteroatoms. The molecule has 0 spiro atoms. The Balaban J connectivity index is 2.00. The Morgan fingerprint density at radius 2 is 2.17 bits per heavy atom. The summed E-state index contributed by atoms with van der Waals surface area (Å²) in [7, 11) is 0. The van der Waals surface area contributed by atoms with E-state index in [1.165, 1.54) is 11.3 Å². The Labute approximate surface area is 155 Å². The molecular formula is C16H20ClN3O2S2. The Hall–Kier alpha value is -1.31. The lowest BCUT2D eigenvalue weighted by Crippen LogP contribution is -2.32. The maximum atomic E-state index is 12.4. The highest BCUT2D eigenvalue weighted by molar-refractivity contribution is 8.01. The molecule has 1 atom stereocenters. The van der Waals surface area contributed by atoms with E-state index >= 15 is 0 Å². The number of anilines is 1. The number of thioether (sulfide) groups is 1. The minimum Gasteiger partial charge on any atom is -0.481 e. The Morgan fingerprint density at radius 1 is 1.42 bits per heavy atom. The van der Waals surface area contributed by atoms with Crippen molar-refractivity contribution in [2.45, 2.75) is 49.8 Å². The summed E-state index contributed by atoms with van der Waals surface area (Å²) in [6.45, 7) is 7.96. The predicted octanol–water partition coefficient (Wildman–Crippen LogP) is 4.80. The normalized spacial score (nSPS) is 12.2. The lowest BCUT2D eigenvalue weighted by Gasteiger charge is -2.16. The van der Waals surface area contributed by atoms with Crippen LogP contribution < -0.4 is 10.1 Å². The van der Waals surface area contributed by atoms with Gasteiger partial charge in [-0.1, -0.05) is 55.5 Å². The fraction of sp³-hybridized carbons (Fsp3) is 0.438. The minimum absolute atomic E-state index is 0.234. The molecule has 0 saturated carbocycles. The van der Waals surface area contributed by atoms with Crippen LogP contribution in [0.2, 0.25) is 5.02 Å². The van der Waals surface area contributed by atoms with Crippen molar-refractivity contribution >= 4 is 45.7 Å². The third-order valence-electron chi connectivity index (χ3n) is 3.04. The van der Waals surface area contributed by atoms with E-state index in [1.807, 2.05) is 19.9 Å². The molecule has 0 unspecified atom stereocenters. The van der Waals surface area contributed by atoms with Crippen LogP contribution in [-0.2, 0) is 4.79 Å². The van der Waals surface area contributed by atoms with Crippen LogP contribution in [0.5, 0.6) is 5.75 Å². The Bertz CT molecular complexity index is 706. The third-order valence-corrected chi connectivity index (χ3v) is 5.39. The van der Waals surface area contributed by atoms with Crippen LogP contribution in [0.25, 0.3) is 0 Å². The van der Waals surface area contributed by atoms with Crippen LogP contribution in [0.1, 0.15) is 32.8 Å². The number of halogens is 1. The number of hydrogen-bond acceptors (Lipinski definition) is 6. The summed E-state index contributed by atoms with van der Waals surface area (Å²) in [5.74, 6) is 0.384. The first kappa shape index (κ1) is 19.0. The molecule has 1 aromatic carbocycles. The lowest BCUT2D eigenvalue weighted by molar-refractivity contribution is -0.122. The molecule has 0 aliphatic heterocycles. The van der Waals surface area contributed by atoms with E-state index in [-0.39, 0.29) is 5.91 Å². The van der Waals surface area contributed by atoms with Crippen LogP contribution >= 0.6 is 34.7 Å². The summed E-state index contributed by atoms with van der Waals surface area (Å²) >= 11 is 8.99. The highest BCUT2D eigenvalue weighted by Gasteiger charge is 2.20. The number of benzene rings is 1. The molecule has 130 valence electrons. The van der Waals surface area contributed by atoms with E-state index < -0.39 is 6.10 Å².